The van der Waals surface area contributed by atoms with Crippen molar-refractivity contribution in [3.05, 3.63) is 35.9 Å². The van der Waals surface area contributed by atoms with Crippen molar-refractivity contribution in [2.45, 2.75) is 41.0 Å². The Morgan fingerprint density at radius 2 is 1.41 bits per heavy atom. The number of amides is 2. The van der Waals surface area contributed by atoms with Gasteiger partial charge in [-0.1, -0.05) is 58.0 Å². The van der Waals surface area contributed by atoms with E-state index in [0.717, 1.165) is 19.5 Å². The fourth-order valence-electron chi connectivity index (χ4n) is 1.56. The molecule has 0 spiro atoms. The first kappa shape index (κ1) is 20.2. The summed E-state index contributed by atoms with van der Waals surface area (Å²) >= 11 is 0. The SMILES string of the molecule is CC(C)C(=O)NCCc1ccccc1.CCNC(=O)C(C)C. The lowest BCUT2D eigenvalue weighted by atomic mass is 10.1. The van der Waals surface area contributed by atoms with Crippen LogP contribution >= 0.6 is 0 Å². The number of nitrogens with one attached hydrogen (secondary N) is 2. The largest absolute Gasteiger partial charge is 0.356 e. The van der Waals surface area contributed by atoms with Crippen molar-refractivity contribution in [3.8, 4) is 0 Å². The number of hydrogen-bond acceptors (Lipinski definition) is 2. The summed E-state index contributed by atoms with van der Waals surface area (Å²) < 4.78 is 0. The lowest BCUT2D eigenvalue weighted by Crippen LogP contribution is -2.29. The second kappa shape index (κ2) is 11.8. The molecule has 0 radical (unpaired) electrons. The average Bonchev–Trinajstić information content (AvgIpc) is 2.49. The van der Waals surface area contributed by atoms with Gasteiger partial charge in [0.1, 0.15) is 0 Å². The van der Waals surface area contributed by atoms with Gasteiger partial charge in [-0.05, 0) is 18.9 Å². The first-order valence-electron chi connectivity index (χ1n) is 7.97. The van der Waals surface area contributed by atoms with Crippen LogP contribution in [0.4, 0.5) is 0 Å². The first-order valence-corrected chi connectivity index (χ1v) is 7.97. The highest BCUT2D eigenvalue weighted by atomic mass is 16.2. The van der Waals surface area contributed by atoms with Gasteiger partial charge >= 0.3 is 0 Å². The third kappa shape index (κ3) is 9.97. The molecule has 0 bridgehead atoms. The van der Waals surface area contributed by atoms with Gasteiger partial charge in [-0.25, -0.2) is 0 Å². The monoisotopic (exact) mass is 306 g/mol. The molecule has 0 atom stereocenters. The Morgan fingerprint density at radius 1 is 0.909 bits per heavy atom. The van der Waals surface area contributed by atoms with Crippen LogP contribution in [-0.2, 0) is 16.0 Å². The molecule has 0 aliphatic rings. The van der Waals surface area contributed by atoms with Crippen molar-refractivity contribution >= 4 is 11.8 Å². The van der Waals surface area contributed by atoms with Gasteiger partial charge in [0.2, 0.25) is 11.8 Å². The Balaban J connectivity index is 0.000000472. The summed E-state index contributed by atoms with van der Waals surface area (Å²) in [6.07, 6.45) is 0.902. The highest BCUT2D eigenvalue weighted by Gasteiger charge is 2.04. The number of carbonyl (C=O) groups excluding carboxylic acids is 2. The lowest BCUT2D eigenvalue weighted by molar-refractivity contribution is -0.124. The van der Waals surface area contributed by atoms with Crippen molar-refractivity contribution in [1.29, 1.82) is 0 Å². The van der Waals surface area contributed by atoms with Gasteiger partial charge in [-0.15, -0.1) is 0 Å². The summed E-state index contributed by atoms with van der Waals surface area (Å²) in [5.74, 6) is 0.453. The highest BCUT2D eigenvalue weighted by Crippen LogP contribution is 1.98. The molecule has 22 heavy (non-hydrogen) atoms. The minimum absolute atomic E-state index is 0.0748. The molecule has 0 heterocycles. The third-order valence-corrected chi connectivity index (χ3v) is 2.96. The van der Waals surface area contributed by atoms with Gasteiger partial charge in [0.05, 0.1) is 0 Å². The molecule has 0 aromatic heterocycles. The van der Waals surface area contributed by atoms with Crippen molar-refractivity contribution in [3.63, 3.8) is 0 Å². The van der Waals surface area contributed by atoms with E-state index in [1.54, 1.807) is 0 Å². The second-order valence-corrected chi connectivity index (χ2v) is 5.73. The van der Waals surface area contributed by atoms with Gasteiger partial charge in [0.15, 0.2) is 0 Å². The van der Waals surface area contributed by atoms with E-state index in [-0.39, 0.29) is 23.7 Å². The Hall–Kier alpha value is -1.84. The van der Waals surface area contributed by atoms with Crippen LogP contribution in [0.25, 0.3) is 0 Å². The van der Waals surface area contributed by atoms with E-state index in [1.165, 1.54) is 5.56 Å². The number of rotatable bonds is 6. The Morgan fingerprint density at radius 3 is 1.82 bits per heavy atom. The summed E-state index contributed by atoms with van der Waals surface area (Å²) in [5.41, 5.74) is 1.26. The normalized spacial score (nSPS) is 9.95. The van der Waals surface area contributed by atoms with Crippen LogP contribution in [0.15, 0.2) is 30.3 Å². The summed E-state index contributed by atoms with van der Waals surface area (Å²) in [5, 5.41) is 5.60. The maximum Gasteiger partial charge on any atom is 0.222 e. The second-order valence-electron chi connectivity index (χ2n) is 5.73. The van der Waals surface area contributed by atoms with E-state index in [2.05, 4.69) is 22.8 Å². The molecule has 4 heteroatoms. The summed E-state index contributed by atoms with van der Waals surface area (Å²) in [6.45, 7) is 10.9. The molecule has 1 aromatic carbocycles. The maximum atomic E-state index is 11.2. The summed E-state index contributed by atoms with van der Waals surface area (Å²) in [7, 11) is 0. The van der Waals surface area contributed by atoms with Gasteiger partial charge in [-0.3, -0.25) is 9.59 Å². The van der Waals surface area contributed by atoms with Crippen molar-refractivity contribution in [2.24, 2.45) is 11.8 Å². The minimum atomic E-state index is 0.0748. The molecule has 0 fully saturated rings. The average molecular weight is 306 g/mol. The van der Waals surface area contributed by atoms with E-state index in [4.69, 9.17) is 0 Å². The topological polar surface area (TPSA) is 58.2 Å². The van der Waals surface area contributed by atoms with Crippen LogP contribution in [-0.4, -0.2) is 24.9 Å². The van der Waals surface area contributed by atoms with Crippen LogP contribution in [0, 0.1) is 11.8 Å². The fraction of sp³-hybridized carbons (Fsp3) is 0.556. The predicted molar refractivity (Wildman–Crippen MR) is 91.5 cm³/mol. The molecule has 0 saturated heterocycles. The van der Waals surface area contributed by atoms with Crippen LogP contribution in [0.5, 0.6) is 0 Å². The first-order chi connectivity index (χ1) is 10.4. The molecule has 2 amide bonds. The van der Waals surface area contributed by atoms with E-state index in [9.17, 15) is 9.59 Å². The lowest BCUT2D eigenvalue weighted by Gasteiger charge is -2.07. The summed E-state index contributed by atoms with van der Waals surface area (Å²) in [6, 6.07) is 10.2. The van der Waals surface area contributed by atoms with Crippen LogP contribution in [0.3, 0.4) is 0 Å². The summed E-state index contributed by atoms with van der Waals surface area (Å²) in [4.78, 5) is 21.9. The Kier molecular flexibility index (Phi) is 10.8. The van der Waals surface area contributed by atoms with Crippen LogP contribution in [0.2, 0.25) is 0 Å². The number of carbonyl (C=O) groups is 2. The zero-order valence-corrected chi connectivity index (χ0v) is 14.5. The number of benzene rings is 1. The highest BCUT2D eigenvalue weighted by molar-refractivity contribution is 5.78. The molecule has 1 aromatic rings. The molecule has 0 aliphatic heterocycles. The zero-order chi connectivity index (χ0) is 17.0. The molecule has 4 nitrogen and oxygen atoms in total. The molecule has 0 saturated carbocycles. The zero-order valence-electron chi connectivity index (χ0n) is 14.5. The van der Waals surface area contributed by atoms with E-state index in [1.807, 2.05) is 52.8 Å². The molecule has 124 valence electrons. The van der Waals surface area contributed by atoms with Crippen LogP contribution < -0.4 is 10.6 Å². The van der Waals surface area contributed by atoms with Gasteiger partial charge in [-0.2, -0.15) is 0 Å². The third-order valence-electron chi connectivity index (χ3n) is 2.96. The smallest absolute Gasteiger partial charge is 0.222 e. The van der Waals surface area contributed by atoms with Gasteiger partial charge < -0.3 is 10.6 Å². The standard InChI is InChI=1S/C12H17NO.C6H13NO/c1-10(2)12(14)13-9-8-11-6-4-3-5-7-11;1-4-7-6(8)5(2)3/h3-7,10H,8-9H2,1-2H3,(H,13,14);5H,4H2,1-3H3,(H,7,8). The molecule has 0 aliphatic carbocycles. The molecular weight excluding hydrogens is 276 g/mol. The van der Waals surface area contributed by atoms with E-state index in [0.29, 0.717) is 0 Å². The van der Waals surface area contributed by atoms with E-state index < -0.39 is 0 Å². The van der Waals surface area contributed by atoms with Crippen LogP contribution in [0.1, 0.15) is 40.2 Å². The number of hydrogen-bond donors (Lipinski definition) is 2. The molecule has 1 rings (SSSR count). The van der Waals surface area contributed by atoms with Gasteiger partial charge in [0, 0.05) is 24.9 Å². The minimum Gasteiger partial charge on any atom is -0.356 e. The molecular formula is C18H30N2O2. The Labute approximate surface area is 134 Å². The maximum absolute atomic E-state index is 11.2. The predicted octanol–water partition coefficient (Wildman–Crippen LogP) is 2.78. The molecule has 2 N–H and O–H groups in total. The van der Waals surface area contributed by atoms with Crippen molar-refractivity contribution < 1.29 is 9.59 Å². The van der Waals surface area contributed by atoms with E-state index >= 15 is 0 Å². The Bertz CT molecular complexity index is 428. The van der Waals surface area contributed by atoms with Crippen molar-refractivity contribution in [2.75, 3.05) is 13.1 Å². The van der Waals surface area contributed by atoms with Crippen molar-refractivity contribution in [1.82, 2.24) is 10.6 Å². The quantitative estimate of drug-likeness (QED) is 0.849. The van der Waals surface area contributed by atoms with Gasteiger partial charge in [0.25, 0.3) is 0 Å². The molecule has 0 unspecified atom stereocenters. The fourth-order valence-corrected chi connectivity index (χ4v) is 1.56.